The van der Waals surface area contributed by atoms with Gasteiger partial charge < -0.3 is 39.9 Å². The van der Waals surface area contributed by atoms with Gasteiger partial charge in [-0.15, -0.1) is 0 Å². The molecular weight excluding hydrogens is 945 g/mol. The van der Waals surface area contributed by atoms with Crippen LogP contribution in [0.3, 0.4) is 0 Å². The number of rotatable bonds is 41. The monoisotopic (exact) mass is 1030 g/mol. The number of anilines is 1. The third-order valence-corrected chi connectivity index (χ3v) is 13.7. The molecule has 3 unspecified atom stereocenters. The van der Waals surface area contributed by atoms with E-state index in [0.717, 1.165) is 87.8 Å². The number of phosphoric ester groups is 2. The van der Waals surface area contributed by atoms with Crippen molar-refractivity contribution in [1.29, 1.82) is 0 Å². The van der Waals surface area contributed by atoms with Crippen molar-refractivity contribution in [3.63, 3.8) is 0 Å². The Morgan fingerprint density at radius 1 is 0.700 bits per heavy atom. The van der Waals surface area contributed by atoms with Gasteiger partial charge in [-0.2, -0.15) is 9.29 Å². The molecule has 20 heteroatoms. The van der Waals surface area contributed by atoms with Crippen LogP contribution in [0, 0.1) is 0 Å². The zero-order valence-corrected chi connectivity index (χ0v) is 43.3. The maximum Gasteiger partial charge on any atom is 0.481 e. The van der Waals surface area contributed by atoms with Crippen LogP contribution < -0.4 is 11.4 Å². The maximum absolute atomic E-state index is 12.8. The van der Waals surface area contributed by atoms with Gasteiger partial charge in [0, 0.05) is 19.0 Å². The smallest absolute Gasteiger partial charge is 0.462 e. The summed E-state index contributed by atoms with van der Waals surface area (Å²) in [5.74, 6) is -1.33. The lowest BCUT2D eigenvalue weighted by Crippen LogP contribution is -2.36. The first-order valence-electron chi connectivity index (χ1n) is 25.3. The molecule has 70 heavy (non-hydrogen) atoms. The largest absolute Gasteiger partial charge is 0.481 e. The van der Waals surface area contributed by atoms with Crippen LogP contribution in [0.4, 0.5) is 5.82 Å². The fraction of sp³-hybridized carbons (Fsp3) is 0.680. The predicted octanol–water partition coefficient (Wildman–Crippen LogP) is 10.3. The molecule has 1 aromatic heterocycles. The van der Waals surface area contributed by atoms with Crippen molar-refractivity contribution in [2.45, 2.75) is 199 Å². The molecule has 0 bridgehead atoms. The predicted molar refractivity (Wildman–Crippen MR) is 270 cm³/mol. The second-order valence-corrected chi connectivity index (χ2v) is 20.3. The molecule has 0 saturated carbocycles. The molecule has 2 rings (SSSR count). The van der Waals surface area contributed by atoms with Crippen molar-refractivity contribution in [2.75, 3.05) is 25.6 Å². The van der Waals surface area contributed by atoms with E-state index in [2.05, 4.69) is 83.9 Å². The molecule has 1 aliphatic heterocycles. The van der Waals surface area contributed by atoms with Gasteiger partial charge in [0.15, 0.2) is 12.3 Å². The number of carbonyl (C=O) groups excluding carboxylic acids is 2. The van der Waals surface area contributed by atoms with E-state index in [-0.39, 0.29) is 18.7 Å². The van der Waals surface area contributed by atoms with E-state index in [1.54, 1.807) is 0 Å². The summed E-state index contributed by atoms with van der Waals surface area (Å²) in [4.78, 5) is 61.9. The first-order chi connectivity index (χ1) is 33.7. The van der Waals surface area contributed by atoms with Crippen molar-refractivity contribution in [3.8, 4) is 0 Å². The number of nitrogen functional groups attached to an aromatic ring is 1. The highest BCUT2D eigenvalue weighted by Gasteiger charge is 2.46. The van der Waals surface area contributed by atoms with Crippen LogP contribution in [0.15, 0.2) is 77.8 Å². The number of hydrogen-bond acceptors (Lipinski definition) is 15. The Morgan fingerprint density at radius 3 is 1.76 bits per heavy atom. The van der Waals surface area contributed by atoms with Gasteiger partial charge in [-0.3, -0.25) is 23.2 Å². The van der Waals surface area contributed by atoms with Crippen molar-refractivity contribution >= 4 is 33.4 Å². The minimum absolute atomic E-state index is 0.0428. The molecule has 7 atom stereocenters. The van der Waals surface area contributed by atoms with Gasteiger partial charge in [-0.25, -0.2) is 13.9 Å². The molecule has 18 nitrogen and oxygen atoms in total. The van der Waals surface area contributed by atoms with Crippen LogP contribution in [0.1, 0.15) is 174 Å². The standard InChI is InChI=1S/C50H83N3O15P2/c1-3-5-7-9-11-13-15-17-18-19-20-21-22-24-25-27-29-31-33-35-45(54)63-39-42(66-46(55)36-34-32-30-28-26-23-16-14-12-10-8-6-4-2)40-64-69(59,60)68-70(61,62)65-41-43-47(56)48(57)49(67-43)53-38-37-44(51)52-50(53)58/h5,7,11,13,17-18,20-21,24-25,37-38,42-43,47-49,56-57H,3-4,6,8-10,12,14-16,19,22-23,26-36,39-41H2,1-2H3,(H,59,60)(H,61,62)(H2,51,52,58)/b7-5-,13-11-,18-17-,21-20-,25-24-/t42-,43-,47+,48?,49-/m1/s1. The van der Waals surface area contributed by atoms with Crippen LogP contribution in [0.25, 0.3) is 0 Å². The van der Waals surface area contributed by atoms with E-state index in [1.807, 2.05) is 0 Å². The third kappa shape index (κ3) is 30.4. The van der Waals surface area contributed by atoms with E-state index < -0.39 is 83.7 Å². The normalized spacial score (nSPS) is 19.7. The van der Waals surface area contributed by atoms with Gasteiger partial charge in [0.05, 0.1) is 13.2 Å². The first-order valence-corrected chi connectivity index (χ1v) is 28.3. The van der Waals surface area contributed by atoms with Crippen LogP contribution in [0.5, 0.6) is 0 Å². The number of aromatic nitrogens is 2. The zero-order chi connectivity index (χ0) is 51.3. The Morgan fingerprint density at radius 2 is 1.20 bits per heavy atom. The van der Waals surface area contributed by atoms with Crippen LogP contribution >= 0.6 is 15.6 Å². The lowest BCUT2D eigenvalue weighted by atomic mass is 10.0. The minimum Gasteiger partial charge on any atom is -0.462 e. The van der Waals surface area contributed by atoms with Crippen molar-refractivity contribution in [3.05, 3.63) is 83.5 Å². The quantitative estimate of drug-likeness (QED) is 0.0177. The van der Waals surface area contributed by atoms with E-state index in [4.69, 9.17) is 29.0 Å². The summed E-state index contributed by atoms with van der Waals surface area (Å²) >= 11 is 0. The van der Waals surface area contributed by atoms with Gasteiger partial charge in [0.25, 0.3) is 0 Å². The highest BCUT2D eigenvalue weighted by molar-refractivity contribution is 7.61. The lowest BCUT2D eigenvalue weighted by molar-refractivity contribution is -0.161. The van der Waals surface area contributed by atoms with E-state index in [9.17, 15) is 43.5 Å². The Balaban J connectivity index is 1.81. The molecule has 1 fully saturated rings. The molecule has 6 N–H and O–H groups in total. The van der Waals surface area contributed by atoms with Gasteiger partial charge in [-0.1, -0.05) is 158 Å². The molecule has 0 aromatic carbocycles. The number of aliphatic hydroxyl groups excluding tert-OH is 2. The van der Waals surface area contributed by atoms with Crippen molar-refractivity contribution < 1.29 is 66.3 Å². The average molecular weight is 1030 g/mol. The van der Waals surface area contributed by atoms with Crippen molar-refractivity contribution in [1.82, 2.24) is 9.55 Å². The van der Waals surface area contributed by atoms with E-state index in [0.29, 0.717) is 12.8 Å². The highest BCUT2D eigenvalue weighted by atomic mass is 31.3. The number of allylic oxidation sites excluding steroid dienone is 10. The van der Waals surface area contributed by atoms with Crippen LogP contribution in [-0.4, -0.2) is 85.7 Å². The fourth-order valence-electron chi connectivity index (χ4n) is 7.22. The number of unbranched alkanes of at least 4 members (excludes halogenated alkanes) is 15. The molecule has 0 aliphatic carbocycles. The number of nitrogens with zero attached hydrogens (tertiary/aromatic N) is 2. The number of hydrogen-bond donors (Lipinski definition) is 5. The minimum atomic E-state index is -5.43. The number of aliphatic hydroxyl groups is 2. The molecule has 0 spiro atoms. The number of esters is 2. The molecule has 1 aromatic rings. The van der Waals surface area contributed by atoms with Gasteiger partial charge in [0.1, 0.15) is 30.7 Å². The van der Waals surface area contributed by atoms with Gasteiger partial charge >= 0.3 is 33.3 Å². The molecule has 1 aliphatic rings. The van der Waals surface area contributed by atoms with E-state index in [1.165, 1.54) is 57.4 Å². The number of carbonyl (C=O) groups is 2. The summed E-state index contributed by atoms with van der Waals surface area (Å²) in [6.07, 6.45) is 37.3. The third-order valence-electron chi connectivity index (χ3n) is 11.1. The Bertz CT molecular complexity index is 1910. The first kappa shape index (κ1) is 62.6. The number of ether oxygens (including phenoxy) is 3. The zero-order valence-electron chi connectivity index (χ0n) is 41.6. The van der Waals surface area contributed by atoms with Gasteiger partial charge in [0.2, 0.25) is 0 Å². The second kappa shape index (κ2) is 38.1. The summed E-state index contributed by atoms with van der Waals surface area (Å²) in [5.41, 5.74) is 4.58. The topological polar surface area (TPSA) is 265 Å². The Hall–Kier alpha value is -3.54. The summed E-state index contributed by atoms with van der Waals surface area (Å²) in [5, 5.41) is 20.9. The highest BCUT2D eigenvalue weighted by Crippen LogP contribution is 2.60. The SMILES string of the molecule is CC/C=C\C/C=C\C/C=C\C/C=C\C/C=C\CCCCCC(=O)OC[C@H](COP(=O)(O)OP(=O)(O)OC[C@H]1O[C@@H](n2ccc(N)nc2=O)C(O)[C@H]1O)OC(=O)CCCCCCCCCCCCCCC. The Kier molecular flexibility index (Phi) is 34.1. The Labute approximate surface area is 415 Å². The second-order valence-electron chi connectivity index (χ2n) is 17.3. The van der Waals surface area contributed by atoms with E-state index >= 15 is 0 Å². The summed E-state index contributed by atoms with van der Waals surface area (Å²) < 4.78 is 56.7. The summed E-state index contributed by atoms with van der Waals surface area (Å²) in [7, 11) is -10.9. The molecule has 0 amide bonds. The van der Waals surface area contributed by atoms with Crippen LogP contribution in [-0.2, 0) is 46.3 Å². The maximum atomic E-state index is 12.8. The number of nitrogens with two attached hydrogens (primary N) is 1. The van der Waals surface area contributed by atoms with Gasteiger partial charge in [-0.05, 0) is 63.9 Å². The summed E-state index contributed by atoms with van der Waals surface area (Å²) in [6, 6.07) is 1.25. The fourth-order valence-corrected chi connectivity index (χ4v) is 9.33. The van der Waals surface area contributed by atoms with Crippen LogP contribution in [0.2, 0.25) is 0 Å². The average Bonchev–Trinajstić information content (AvgIpc) is 3.59. The molecule has 2 heterocycles. The number of phosphoric acid groups is 2. The molecule has 0 radical (unpaired) electrons. The van der Waals surface area contributed by atoms with Crippen molar-refractivity contribution in [2.24, 2.45) is 0 Å². The molecular formula is C50H83N3O15P2. The molecule has 1 saturated heterocycles. The molecule has 398 valence electrons. The summed E-state index contributed by atoms with van der Waals surface area (Å²) in [6.45, 7) is 2.01. The lowest BCUT2D eigenvalue weighted by Gasteiger charge is -2.21.